The number of nitrogens with zero attached hydrogens (tertiary/aromatic N) is 2. The van der Waals surface area contributed by atoms with Crippen molar-refractivity contribution in [3.63, 3.8) is 0 Å². The number of nitrogen functional groups attached to an aromatic ring is 1. The highest BCUT2D eigenvalue weighted by atomic mass is 15.1. The molecule has 1 heterocycles. The number of hydrogen-bond acceptors (Lipinski definition) is 3. The lowest BCUT2D eigenvalue weighted by Crippen LogP contribution is -2.20. The molecule has 2 N–H and O–H groups in total. The minimum Gasteiger partial charge on any atom is -0.398 e. The Morgan fingerprint density at radius 2 is 2.00 bits per heavy atom. The molecule has 0 unspecified atom stereocenters. The van der Waals surface area contributed by atoms with E-state index < -0.39 is 0 Å². The standard InChI is InChI=1S/C18H19N3/c1-12-7-14(10-19)3-4-16(12)11-21-6-5-15-8-13(2)17(20)9-18(15)21/h3-4,7-9H,5-6,11,20H2,1-2H3. The lowest BCUT2D eigenvalue weighted by molar-refractivity contribution is 0.831. The molecule has 0 amide bonds. The maximum absolute atomic E-state index is 8.95. The van der Waals surface area contributed by atoms with Gasteiger partial charge in [-0.1, -0.05) is 12.1 Å². The second kappa shape index (κ2) is 5.14. The largest absolute Gasteiger partial charge is 0.398 e. The van der Waals surface area contributed by atoms with Crippen LogP contribution in [-0.4, -0.2) is 6.54 Å². The molecule has 0 bridgehead atoms. The fourth-order valence-electron chi connectivity index (χ4n) is 2.96. The number of rotatable bonds is 2. The fraction of sp³-hybridized carbons (Fsp3) is 0.278. The van der Waals surface area contributed by atoms with Crippen LogP contribution in [0.1, 0.15) is 27.8 Å². The summed E-state index contributed by atoms with van der Waals surface area (Å²) in [6.45, 7) is 6.02. The summed E-state index contributed by atoms with van der Waals surface area (Å²) < 4.78 is 0. The van der Waals surface area contributed by atoms with Gasteiger partial charge in [-0.15, -0.1) is 0 Å². The van der Waals surface area contributed by atoms with Crippen molar-refractivity contribution in [1.29, 1.82) is 5.26 Å². The minimum absolute atomic E-state index is 0.720. The van der Waals surface area contributed by atoms with Crippen LogP contribution in [0.2, 0.25) is 0 Å². The van der Waals surface area contributed by atoms with Gasteiger partial charge < -0.3 is 10.6 Å². The minimum atomic E-state index is 0.720. The van der Waals surface area contributed by atoms with E-state index in [2.05, 4.69) is 43.0 Å². The summed E-state index contributed by atoms with van der Waals surface area (Å²) in [7, 11) is 0. The Labute approximate surface area is 125 Å². The number of benzene rings is 2. The predicted molar refractivity (Wildman–Crippen MR) is 86.2 cm³/mol. The molecular formula is C18H19N3. The van der Waals surface area contributed by atoms with Crippen molar-refractivity contribution < 1.29 is 0 Å². The Morgan fingerprint density at radius 1 is 1.19 bits per heavy atom. The van der Waals surface area contributed by atoms with E-state index >= 15 is 0 Å². The zero-order valence-electron chi connectivity index (χ0n) is 12.5. The number of nitriles is 1. The monoisotopic (exact) mass is 277 g/mol. The molecule has 21 heavy (non-hydrogen) atoms. The average molecular weight is 277 g/mol. The molecule has 3 nitrogen and oxygen atoms in total. The molecule has 0 aromatic heterocycles. The van der Waals surface area contributed by atoms with Gasteiger partial charge in [0.05, 0.1) is 11.6 Å². The second-order valence-corrected chi connectivity index (χ2v) is 5.76. The first-order valence-corrected chi connectivity index (χ1v) is 7.22. The second-order valence-electron chi connectivity index (χ2n) is 5.76. The van der Waals surface area contributed by atoms with E-state index in [0.29, 0.717) is 0 Å². The Kier molecular flexibility index (Phi) is 3.31. The van der Waals surface area contributed by atoms with Crippen molar-refractivity contribution in [3.8, 4) is 6.07 Å². The van der Waals surface area contributed by atoms with Crippen LogP contribution in [0.3, 0.4) is 0 Å². The van der Waals surface area contributed by atoms with Crippen LogP contribution in [0.15, 0.2) is 30.3 Å². The zero-order valence-corrected chi connectivity index (χ0v) is 12.5. The van der Waals surface area contributed by atoms with Crippen LogP contribution in [0.4, 0.5) is 11.4 Å². The zero-order chi connectivity index (χ0) is 15.0. The quantitative estimate of drug-likeness (QED) is 0.857. The number of aryl methyl sites for hydroxylation is 2. The molecule has 0 saturated heterocycles. The molecule has 0 atom stereocenters. The first-order chi connectivity index (χ1) is 10.1. The van der Waals surface area contributed by atoms with Crippen molar-refractivity contribution in [1.82, 2.24) is 0 Å². The van der Waals surface area contributed by atoms with Gasteiger partial charge in [0.1, 0.15) is 0 Å². The Balaban J connectivity index is 1.89. The first kappa shape index (κ1) is 13.5. The van der Waals surface area contributed by atoms with Crippen LogP contribution < -0.4 is 10.6 Å². The van der Waals surface area contributed by atoms with Gasteiger partial charge in [-0.3, -0.25) is 0 Å². The summed E-state index contributed by atoms with van der Waals surface area (Å²) in [6, 6.07) is 12.4. The third-order valence-corrected chi connectivity index (χ3v) is 4.29. The average Bonchev–Trinajstić information content (AvgIpc) is 2.84. The van der Waals surface area contributed by atoms with Crippen LogP contribution in [0, 0.1) is 25.2 Å². The van der Waals surface area contributed by atoms with Crippen molar-refractivity contribution >= 4 is 11.4 Å². The van der Waals surface area contributed by atoms with E-state index in [0.717, 1.165) is 36.3 Å². The Bertz CT molecular complexity index is 741. The third kappa shape index (κ3) is 2.45. The molecule has 0 fully saturated rings. The summed E-state index contributed by atoms with van der Waals surface area (Å²) in [4.78, 5) is 2.37. The van der Waals surface area contributed by atoms with E-state index in [1.165, 1.54) is 22.4 Å². The molecule has 1 aliphatic rings. The van der Waals surface area contributed by atoms with Crippen LogP contribution in [0.25, 0.3) is 0 Å². The predicted octanol–water partition coefficient (Wildman–Crippen LogP) is 3.32. The van der Waals surface area contributed by atoms with Gasteiger partial charge in [0.15, 0.2) is 0 Å². The smallest absolute Gasteiger partial charge is 0.0991 e. The fourth-order valence-corrected chi connectivity index (χ4v) is 2.96. The van der Waals surface area contributed by atoms with Crippen LogP contribution in [-0.2, 0) is 13.0 Å². The highest BCUT2D eigenvalue weighted by molar-refractivity contribution is 5.67. The van der Waals surface area contributed by atoms with Crippen molar-refractivity contribution in [2.24, 2.45) is 0 Å². The molecule has 0 aliphatic carbocycles. The highest BCUT2D eigenvalue weighted by Crippen LogP contribution is 2.33. The highest BCUT2D eigenvalue weighted by Gasteiger charge is 2.20. The van der Waals surface area contributed by atoms with E-state index in [9.17, 15) is 0 Å². The lowest BCUT2D eigenvalue weighted by Gasteiger charge is -2.21. The molecule has 3 heteroatoms. The third-order valence-electron chi connectivity index (χ3n) is 4.29. The van der Waals surface area contributed by atoms with Gasteiger partial charge in [0.25, 0.3) is 0 Å². The molecule has 0 spiro atoms. The maximum Gasteiger partial charge on any atom is 0.0991 e. The van der Waals surface area contributed by atoms with Crippen LogP contribution >= 0.6 is 0 Å². The summed E-state index contributed by atoms with van der Waals surface area (Å²) in [5.41, 5.74) is 13.9. The first-order valence-electron chi connectivity index (χ1n) is 7.22. The normalized spacial score (nSPS) is 13.1. The molecule has 106 valence electrons. The summed E-state index contributed by atoms with van der Waals surface area (Å²) in [6.07, 6.45) is 1.08. The maximum atomic E-state index is 8.95. The van der Waals surface area contributed by atoms with Crippen molar-refractivity contribution in [2.45, 2.75) is 26.8 Å². The Hall–Kier alpha value is -2.47. The molecular weight excluding hydrogens is 258 g/mol. The summed E-state index contributed by atoms with van der Waals surface area (Å²) in [5.74, 6) is 0. The van der Waals surface area contributed by atoms with Crippen molar-refractivity contribution in [2.75, 3.05) is 17.2 Å². The van der Waals surface area contributed by atoms with E-state index in [4.69, 9.17) is 11.0 Å². The molecule has 1 aliphatic heterocycles. The molecule has 3 rings (SSSR count). The van der Waals surface area contributed by atoms with E-state index in [-0.39, 0.29) is 0 Å². The van der Waals surface area contributed by atoms with Gasteiger partial charge in [-0.25, -0.2) is 0 Å². The topological polar surface area (TPSA) is 53.0 Å². The molecule has 2 aromatic carbocycles. The van der Waals surface area contributed by atoms with Gasteiger partial charge in [0, 0.05) is 24.5 Å². The number of nitrogens with two attached hydrogens (primary N) is 1. The van der Waals surface area contributed by atoms with E-state index in [1.807, 2.05) is 12.1 Å². The molecule has 0 saturated carbocycles. The van der Waals surface area contributed by atoms with Gasteiger partial charge in [-0.05, 0) is 60.7 Å². The molecule has 0 radical (unpaired) electrons. The number of fused-ring (bicyclic) bond motifs is 1. The lowest BCUT2D eigenvalue weighted by atomic mass is 10.0. The summed E-state index contributed by atoms with van der Waals surface area (Å²) >= 11 is 0. The Morgan fingerprint density at radius 3 is 2.71 bits per heavy atom. The van der Waals surface area contributed by atoms with E-state index in [1.54, 1.807) is 0 Å². The van der Waals surface area contributed by atoms with Gasteiger partial charge in [0.2, 0.25) is 0 Å². The number of hydrogen-bond donors (Lipinski definition) is 1. The SMILES string of the molecule is Cc1cc2c(cc1N)N(Cc1ccc(C#N)cc1C)CC2. The summed E-state index contributed by atoms with van der Waals surface area (Å²) in [5, 5.41) is 8.95. The van der Waals surface area contributed by atoms with Crippen LogP contribution in [0.5, 0.6) is 0 Å². The van der Waals surface area contributed by atoms with Gasteiger partial charge in [-0.2, -0.15) is 5.26 Å². The van der Waals surface area contributed by atoms with Crippen molar-refractivity contribution in [3.05, 3.63) is 58.1 Å². The number of anilines is 2. The molecule has 2 aromatic rings. The van der Waals surface area contributed by atoms with Gasteiger partial charge >= 0.3 is 0 Å².